The lowest BCUT2D eigenvalue weighted by Gasteiger charge is -2.42. The summed E-state index contributed by atoms with van der Waals surface area (Å²) in [7, 11) is 2.00. The number of hydrogen-bond donors (Lipinski definition) is 1. The van der Waals surface area contributed by atoms with Crippen molar-refractivity contribution >= 4 is 23.2 Å². The van der Waals surface area contributed by atoms with Crippen molar-refractivity contribution in [1.82, 2.24) is 4.90 Å². The summed E-state index contributed by atoms with van der Waals surface area (Å²) >= 11 is 0. The second-order valence-corrected chi connectivity index (χ2v) is 9.99. The van der Waals surface area contributed by atoms with Crippen LogP contribution in [0.2, 0.25) is 0 Å². The molecule has 3 aliphatic rings. The van der Waals surface area contributed by atoms with E-state index in [0.29, 0.717) is 18.6 Å². The monoisotopic (exact) mass is 484 g/mol. The molecule has 2 aliphatic carbocycles. The van der Waals surface area contributed by atoms with Gasteiger partial charge in [-0.2, -0.15) is 0 Å². The number of ketones is 2. The van der Waals surface area contributed by atoms with Crippen LogP contribution in [0, 0.1) is 13.8 Å². The lowest BCUT2D eigenvalue weighted by molar-refractivity contribution is -0.118. The van der Waals surface area contributed by atoms with E-state index in [1.807, 2.05) is 63.4 Å². The first-order chi connectivity index (χ1) is 17.3. The van der Waals surface area contributed by atoms with Crippen molar-refractivity contribution < 1.29 is 19.1 Å². The van der Waals surface area contributed by atoms with Gasteiger partial charge >= 0.3 is 0 Å². The number of carbonyl (C=O) groups is 3. The highest BCUT2D eigenvalue weighted by molar-refractivity contribution is 6.06. The molecule has 1 aliphatic heterocycles. The number of nitrogens with zero attached hydrogens (tertiary/aromatic N) is 1. The van der Waals surface area contributed by atoms with Crippen LogP contribution < -0.4 is 10.1 Å². The average molecular weight is 485 g/mol. The quantitative estimate of drug-likeness (QED) is 0.618. The molecule has 0 bridgehead atoms. The fourth-order valence-electron chi connectivity index (χ4n) is 5.73. The minimum absolute atomic E-state index is 0.109. The number of nitrogens with one attached hydrogen (secondary N) is 1. The fourth-order valence-corrected chi connectivity index (χ4v) is 5.73. The van der Waals surface area contributed by atoms with E-state index in [2.05, 4.69) is 10.2 Å². The molecule has 6 heteroatoms. The van der Waals surface area contributed by atoms with Crippen LogP contribution in [-0.4, -0.2) is 36.0 Å². The van der Waals surface area contributed by atoms with Gasteiger partial charge in [-0.1, -0.05) is 29.8 Å². The van der Waals surface area contributed by atoms with Crippen molar-refractivity contribution in [2.45, 2.75) is 58.3 Å². The van der Waals surface area contributed by atoms with E-state index in [4.69, 9.17) is 4.74 Å². The first-order valence-electron chi connectivity index (χ1n) is 12.7. The Morgan fingerprint density at radius 2 is 1.53 bits per heavy atom. The summed E-state index contributed by atoms with van der Waals surface area (Å²) in [5.74, 6) is 0.291. The van der Waals surface area contributed by atoms with Crippen LogP contribution >= 0.6 is 0 Å². The number of rotatable bonds is 5. The number of allylic oxidation sites excluding steroid dienone is 4. The predicted molar refractivity (Wildman–Crippen MR) is 139 cm³/mol. The van der Waals surface area contributed by atoms with E-state index in [1.165, 1.54) is 0 Å². The zero-order valence-corrected chi connectivity index (χ0v) is 21.1. The van der Waals surface area contributed by atoms with E-state index >= 15 is 0 Å². The van der Waals surface area contributed by atoms with Crippen LogP contribution in [0.25, 0.3) is 0 Å². The first kappa shape index (κ1) is 24.0. The number of ether oxygens (including phenoxy) is 1. The minimum atomic E-state index is -0.325. The second kappa shape index (κ2) is 9.76. The molecule has 0 fully saturated rings. The Kier molecular flexibility index (Phi) is 6.52. The first-order valence-corrected chi connectivity index (χ1v) is 12.7. The Morgan fingerprint density at radius 3 is 2.11 bits per heavy atom. The van der Waals surface area contributed by atoms with Crippen molar-refractivity contribution in [3.63, 3.8) is 0 Å². The van der Waals surface area contributed by atoms with Gasteiger partial charge in [0.05, 0.1) is 0 Å². The number of anilines is 1. The normalized spacial score (nSPS) is 18.2. The Balaban J connectivity index is 1.35. The molecule has 0 atom stereocenters. The lowest BCUT2D eigenvalue weighted by atomic mass is 9.71. The molecule has 6 nitrogen and oxygen atoms in total. The summed E-state index contributed by atoms with van der Waals surface area (Å²) in [5.41, 5.74) is 7.51. The minimum Gasteiger partial charge on any atom is -0.484 e. The molecule has 1 amide bonds. The average Bonchev–Trinajstić information content (AvgIpc) is 2.86. The number of aryl methyl sites for hydroxylation is 2. The van der Waals surface area contributed by atoms with Gasteiger partial charge in [-0.05, 0) is 68.9 Å². The molecule has 0 saturated carbocycles. The van der Waals surface area contributed by atoms with Crippen LogP contribution in [0.1, 0.15) is 61.1 Å². The number of amides is 1. The van der Waals surface area contributed by atoms with Crippen LogP contribution in [0.5, 0.6) is 5.75 Å². The van der Waals surface area contributed by atoms with Gasteiger partial charge in [-0.25, -0.2) is 0 Å². The largest absolute Gasteiger partial charge is 0.484 e. The third kappa shape index (κ3) is 4.48. The molecule has 1 heterocycles. The van der Waals surface area contributed by atoms with Gasteiger partial charge in [0.15, 0.2) is 18.2 Å². The van der Waals surface area contributed by atoms with E-state index in [9.17, 15) is 14.4 Å². The van der Waals surface area contributed by atoms with Crippen LogP contribution in [0.4, 0.5) is 5.69 Å². The zero-order valence-electron chi connectivity index (χ0n) is 21.1. The molecule has 0 unspecified atom stereocenters. The molecular weight excluding hydrogens is 452 g/mol. The molecule has 0 radical (unpaired) electrons. The van der Waals surface area contributed by atoms with Gasteiger partial charge in [-0.3, -0.25) is 14.4 Å². The molecule has 0 saturated heterocycles. The summed E-state index contributed by atoms with van der Waals surface area (Å²) in [5, 5.41) is 2.89. The SMILES string of the molecule is Cc1ccc(NC(=O)COc2ccc(C3C4=C(CCCC4=O)N(C)C4=C3C(=O)CCC4)cc2)c(C)c1. The summed E-state index contributed by atoms with van der Waals surface area (Å²) in [6, 6.07) is 13.4. The molecule has 2 aromatic carbocycles. The molecule has 2 aromatic rings. The Hall–Kier alpha value is -3.67. The van der Waals surface area contributed by atoms with Gasteiger partial charge in [-0.15, -0.1) is 0 Å². The van der Waals surface area contributed by atoms with Crippen molar-refractivity contribution in [3.05, 3.63) is 81.7 Å². The van der Waals surface area contributed by atoms with Gasteiger partial charge in [0, 0.05) is 54.0 Å². The third-order valence-corrected chi connectivity index (χ3v) is 7.48. The van der Waals surface area contributed by atoms with Gasteiger partial charge in [0.25, 0.3) is 5.91 Å². The third-order valence-electron chi connectivity index (χ3n) is 7.48. The van der Waals surface area contributed by atoms with Crippen molar-refractivity contribution in [3.8, 4) is 5.75 Å². The summed E-state index contributed by atoms with van der Waals surface area (Å²) in [4.78, 5) is 40.7. The lowest BCUT2D eigenvalue weighted by Crippen LogP contribution is -2.37. The van der Waals surface area contributed by atoms with Gasteiger partial charge in [0.1, 0.15) is 5.75 Å². The molecule has 0 spiro atoms. The number of hydrogen-bond acceptors (Lipinski definition) is 5. The smallest absolute Gasteiger partial charge is 0.262 e. The topological polar surface area (TPSA) is 75.7 Å². The highest BCUT2D eigenvalue weighted by atomic mass is 16.5. The van der Waals surface area contributed by atoms with E-state index in [1.54, 1.807) is 0 Å². The number of benzene rings is 2. The number of carbonyl (C=O) groups excluding carboxylic acids is 3. The maximum absolute atomic E-state index is 13.1. The maximum Gasteiger partial charge on any atom is 0.262 e. The maximum atomic E-state index is 13.1. The molecule has 1 N–H and O–H groups in total. The molecule has 186 valence electrons. The fraction of sp³-hybridized carbons (Fsp3) is 0.367. The summed E-state index contributed by atoms with van der Waals surface area (Å²) in [6.45, 7) is 3.86. The van der Waals surface area contributed by atoms with Crippen LogP contribution in [0.15, 0.2) is 65.0 Å². The number of Topliss-reactive ketones (excluding diaryl/α,β-unsaturated/α-hetero) is 2. The highest BCUT2D eigenvalue weighted by Gasteiger charge is 2.42. The van der Waals surface area contributed by atoms with E-state index in [0.717, 1.165) is 70.6 Å². The molecule has 5 rings (SSSR count). The van der Waals surface area contributed by atoms with Crippen LogP contribution in [-0.2, 0) is 14.4 Å². The Labute approximate surface area is 212 Å². The standard InChI is InChI=1S/C30H32N2O4/c1-18-10-15-22(19(2)16-18)31-27(35)17-36-21-13-11-20(12-14-21)28-29-23(6-4-8-25(29)33)32(3)24-7-5-9-26(34)30(24)28/h10-16,28H,4-9,17H2,1-3H3,(H,31,35). The van der Waals surface area contributed by atoms with Crippen molar-refractivity contribution in [2.75, 3.05) is 19.0 Å². The van der Waals surface area contributed by atoms with E-state index < -0.39 is 0 Å². The predicted octanol–water partition coefficient (Wildman–Crippen LogP) is 5.36. The van der Waals surface area contributed by atoms with E-state index in [-0.39, 0.29) is 30.0 Å². The highest BCUT2D eigenvalue weighted by Crippen LogP contribution is 2.48. The molecule has 0 aromatic heterocycles. The summed E-state index contributed by atoms with van der Waals surface area (Å²) in [6.07, 6.45) is 4.46. The zero-order chi connectivity index (χ0) is 25.4. The van der Waals surface area contributed by atoms with Crippen LogP contribution in [0.3, 0.4) is 0 Å². The van der Waals surface area contributed by atoms with Gasteiger partial charge in [0.2, 0.25) is 0 Å². The second-order valence-electron chi connectivity index (χ2n) is 9.99. The Morgan fingerprint density at radius 1 is 0.917 bits per heavy atom. The Bertz CT molecular complexity index is 1260. The van der Waals surface area contributed by atoms with Crippen molar-refractivity contribution in [2.24, 2.45) is 0 Å². The summed E-state index contributed by atoms with van der Waals surface area (Å²) < 4.78 is 5.74. The molecular formula is C30H32N2O4. The van der Waals surface area contributed by atoms with Gasteiger partial charge < -0.3 is 15.0 Å². The molecule has 36 heavy (non-hydrogen) atoms. The van der Waals surface area contributed by atoms with Crippen molar-refractivity contribution in [1.29, 1.82) is 0 Å².